The number of alkyl halides is 3. The molecule has 0 fully saturated rings. The lowest BCUT2D eigenvalue weighted by molar-refractivity contribution is -0.141. The summed E-state index contributed by atoms with van der Waals surface area (Å²) in [6, 6.07) is 5.61. The van der Waals surface area contributed by atoms with E-state index in [1.807, 2.05) is 0 Å². The molecule has 0 atom stereocenters. The lowest BCUT2D eigenvalue weighted by Crippen LogP contribution is -2.13. The van der Waals surface area contributed by atoms with Gasteiger partial charge in [-0.25, -0.2) is 0 Å². The van der Waals surface area contributed by atoms with Crippen molar-refractivity contribution in [1.82, 2.24) is 20.0 Å². The number of benzene rings is 1. The molecule has 0 aliphatic carbocycles. The van der Waals surface area contributed by atoms with Crippen LogP contribution in [0.25, 0.3) is 0 Å². The molecule has 0 spiro atoms. The van der Waals surface area contributed by atoms with Crippen LogP contribution in [0.5, 0.6) is 0 Å². The average Bonchev–Trinajstić information content (AvgIpc) is 3.18. The third kappa shape index (κ3) is 4.55. The second-order valence-electron chi connectivity index (χ2n) is 5.39. The molecule has 0 radical (unpaired) electrons. The SMILES string of the molecule is O=C(Nc1nn(Cc2ccc(Cl)c(Cl)c2)cc1Cl)c1cc(C(F)(F)F)[nH]n1. The quantitative estimate of drug-likeness (QED) is 0.609. The van der Waals surface area contributed by atoms with Gasteiger partial charge in [-0.3, -0.25) is 14.6 Å². The second-order valence-corrected chi connectivity index (χ2v) is 6.61. The number of aromatic nitrogens is 4. The van der Waals surface area contributed by atoms with Crippen molar-refractivity contribution in [3.63, 3.8) is 0 Å². The molecule has 0 bridgehead atoms. The summed E-state index contributed by atoms with van der Waals surface area (Å²) in [5.74, 6) is -0.901. The van der Waals surface area contributed by atoms with Crippen molar-refractivity contribution in [2.45, 2.75) is 12.7 Å². The maximum atomic E-state index is 12.6. The fraction of sp³-hybridized carbons (Fsp3) is 0.133. The Bertz CT molecular complexity index is 999. The van der Waals surface area contributed by atoms with Gasteiger partial charge < -0.3 is 5.32 Å². The number of rotatable bonds is 4. The molecule has 0 unspecified atom stereocenters. The highest BCUT2D eigenvalue weighted by molar-refractivity contribution is 6.42. The van der Waals surface area contributed by atoms with E-state index in [1.54, 1.807) is 23.3 Å². The van der Waals surface area contributed by atoms with E-state index in [0.717, 1.165) is 5.56 Å². The van der Waals surface area contributed by atoms with Crippen LogP contribution in [0, 0.1) is 0 Å². The van der Waals surface area contributed by atoms with Gasteiger partial charge >= 0.3 is 6.18 Å². The van der Waals surface area contributed by atoms with Crippen molar-refractivity contribution in [2.75, 3.05) is 5.32 Å². The number of H-pyrrole nitrogens is 1. The minimum Gasteiger partial charge on any atom is -0.302 e. The highest BCUT2D eigenvalue weighted by Gasteiger charge is 2.34. The third-order valence-electron chi connectivity index (χ3n) is 3.39. The molecule has 0 saturated carbocycles. The van der Waals surface area contributed by atoms with E-state index in [9.17, 15) is 18.0 Å². The molecule has 12 heteroatoms. The topological polar surface area (TPSA) is 75.6 Å². The Kier molecular flexibility index (Phi) is 5.36. The number of amides is 1. The lowest BCUT2D eigenvalue weighted by Gasteiger charge is -2.04. The number of anilines is 1. The lowest BCUT2D eigenvalue weighted by atomic mass is 10.2. The van der Waals surface area contributed by atoms with Gasteiger partial charge in [-0.15, -0.1) is 0 Å². The smallest absolute Gasteiger partial charge is 0.302 e. The Morgan fingerprint density at radius 3 is 2.52 bits per heavy atom. The standard InChI is InChI=1S/C15H9Cl3F3N5O/c16-8-2-1-7(3-9(8)17)5-26-6-10(18)13(25-26)22-14(27)11-4-12(24-23-11)15(19,20)21/h1-4,6H,5H2,(H,23,24)(H,22,25,27). The molecule has 2 N–H and O–H groups in total. The van der Waals surface area contributed by atoms with E-state index in [0.29, 0.717) is 16.1 Å². The number of hydrogen-bond donors (Lipinski definition) is 2. The third-order valence-corrected chi connectivity index (χ3v) is 4.41. The molecule has 3 aromatic rings. The number of nitrogens with zero attached hydrogens (tertiary/aromatic N) is 3. The first-order valence-corrected chi connectivity index (χ1v) is 8.37. The van der Waals surface area contributed by atoms with Crippen LogP contribution < -0.4 is 5.32 Å². The summed E-state index contributed by atoms with van der Waals surface area (Å²) >= 11 is 17.8. The normalized spacial score (nSPS) is 11.6. The predicted octanol–water partition coefficient (Wildman–Crippen LogP) is 4.89. The van der Waals surface area contributed by atoms with Crippen molar-refractivity contribution in [3.05, 3.63) is 62.5 Å². The summed E-state index contributed by atoms with van der Waals surface area (Å²) in [5.41, 5.74) is -0.801. The van der Waals surface area contributed by atoms with Gasteiger partial charge in [0.15, 0.2) is 11.5 Å². The number of carbonyl (C=O) groups is 1. The largest absolute Gasteiger partial charge is 0.432 e. The van der Waals surface area contributed by atoms with Gasteiger partial charge in [-0.05, 0) is 17.7 Å². The van der Waals surface area contributed by atoms with Gasteiger partial charge in [-0.1, -0.05) is 40.9 Å². The van der Waals surface area contributed by atoms with Gasteiger partial charge in [-0.2, -0.15) is 23.4 Å². The number of hydrogen-bond acceptors (Lipinski definition) is 3. The Balaban J connectivity index is 1.73. The van der Waals surface area contributed by atoms with Crippen molar-refractivity contribution in [3.8, 4) is 0 Å². The number of nitrogens with one attached hydrogen (secondary N) is 2. The van der Waals surface area contributed by atoms with Crippen molar-refractivity contribution in [1.29, 1.82) is 0 Å². The van der Waals surface area contributed by atoms with Gasteiger partial charge in [0.1, 0.15) is 10.7 Å². The fourth-order valence-electron chi connectivity index (χ4n) is 2.14. The average molecular weight is 439 g/mol. The minimum absolute atomic E-state index is 0.0155. The molecule has 0 aliphatic heterocycles. The molecule has 1 amide bonds. The Hall–Kier alpha value is -2.23. The van der Waals surface area contributed by atoms with E-state index in [2.05, 4.69) is 15.5 Å². The first kappa shape index (κ1) is 19.5. The summed E-state index contributed by atoms with van der Waals surface area (Å²) in [4.78, 5) is 12.1. The van der Waals surface area contributed by atoms with Gasteiger partial charge in [0, 0.05) is 12.3 Å². The summed E-state index contributed by atoms with van der Waals surface area (Å²) in [5, 5.41) is 12.4. The second kappa shape index (κ2) is 7.41. The van der Waals surface area contributed by atoms with Crippen molar-refractivity contribution < 1.29 is 18.0 Å². The van der Waals surface area contributed by atoms with E-state index >= 15 is 0 Å². The zero-order valence-electron chi connectivity index (χ0n) is 13.1. The molecular formula is C15H9Cl3F3N5O. The Labute approximate surface area is 165 Å². The molecular weight excluding hydrogens is 430 g/mol. The van der Waals surface area contributed by atoms with E-state index in [-0.39, 0.29) is 17.4 Å². The van der Waals surface area contributed by atoms with Gasteiger partial charge in [0.05, 0.1) is 16.6 Å². The molecule has 142 valence electrons. The van der Waals surface area contributed by atoms with E-state index in [1.165, 1.54) is 10.9 Å². The number of carbonyl (C=O) groups excluding carboxylic acids is 1. The van der Waals surface area contributed by atoms with Gasteiger partial charge in [0.2, 0.25) is 0 Å². The highest BCUT2D eigenvalue weighted by Crippen LogP contribution is 2.28. The number of aromatic amines is 1. The molecule has 2 aromatic heterocycles. The molecule has 0 aliphatic rings. The molecule has 2 heterocycles. The first-order chi connectivity index (χ1) is 12.6. The van der Waals surface area contributed by atoms with Crippen LogP contribution in [0.15, 0.2) is 30.5 Å². The molecule has 0 saturated heterocycles. The van der Waals surface area contributed by atoms with Gasteiger partial charge in [0.25, 0.3) is 5.91 Å². The summed E-state index contributed by atoms with van der Waals surface area (Å²) in [6.07, 6.45) is -3.18. The molecule has 3 rings (SSSR count). The Morgan fingerprint density at radius 1 is 1.15 bits per heavy atom. The maximum absolute atomic E-state index is 12.6. The van der Waals surface area contributed by atoms with Crippen LogP contribution in [-0.2, 0) is 12.7 Å². The van der Waals surface area contributed by atoms with Crippen LogP contribution in [0.1, 0.15) is 21.7 Å². The van der Waals surface area contributed by atoms with Crippen LogP contribution in [-0.4, -0.2) is 25.9 Å². The zero-order valence-corrected chi connectivity index (χ0v) is 15.4. The van der Waals surface area contributed by atoms with E-state index in [4.69, 9.17) is 34.8 Å². The van der Waals surface area contributed by atoms with Crippen LogP contribution in [0.4, 0.5) is 19.0 Å². The van der Waals surface area contributed by atoms with Crippen LogP contribution >= 0.6 is 34.8 Å². The summed E-state index contributed by atoms with van der Waals surface area (Å²) in [6.45, 7) is 0.285. The predicted molar refractivity (Wildman–Crippen MR) is 94.3 cm³/mol. The monoisotopic (exact) mass is 437 g/mol. The maximum Gasteiger partial charge on any atom is 0.432 e. The van der Waals surface area contributed by atoms with Crippen molar-refractivity contribution >= 4 is 46.5 Å². The molecule has 1 aromatic carbocycles. The fourth-order valence-corrected chi connectivity index (χ4v) is 2.66. The van der Waals surface area contributed by atoms with Crippen LogP contribution in [0.3, 0.4) is 0 Å². The highest BCUT2D eigenvalue weighted by atomic mass is 35.5. The Morgan fingerprint density at radius 2 is 1.89 bits per heavy atom. The summed E-state index contributed by atoms with van der Waals surface area (Å²) < 4.78 is 39.1. The first-order valence-electron chi connectivity index (χ1n) is 7.24. The minimum atomic E-state index is -4.63. The molecule has 27 heavy (non-hydrogen) atoms. The number of halogens is 6. The molecule has 6 nitrogen and oxygen atoms in total. The van der Waals surface area contributed by atoms with Crippen LogP contribution in [0.2, 0.25) is 15.1 Å². The summed E-state index contributed by atoms with van der Waals surface area (Å²) in [7, 11) is 0. The van der Waals surface area contributed by atoms with Crippen molar-refractivity contribution in [2.24, 2.45) is 0 Å². The zero-order chi connectivity index (χ0) is 19.8. The van der Waals surface area contributed by atoms with E-state index < -0.39 is 23.5 Å².